The summed E-state index contributed by atoms with van der Waals surface area (Å²) in [5, 5.41) is 11.1. The lowest BCUT2D eigenvalue weighted by Gasteiger charge is -2.38. The third-order valence-electron chi connectivity index (χ3n) is 6.96. The van der Waals surface area contributed by atoms with E-state index < -0.39 is 5.60 Å². The highest BCUT2D eigenvalue weighted by Gasteiger charge is 2.40. The molecule has 1 atom stereocenters. The number of piperidine rings is 1. The number of aliphatic hydroxyl groups is 1. The predicted octanol–water partition coefficient (Wildman–Crippen LogP) is 2.29. The van der Waals surface area contributed by atoms with Crippen molar-refractivity contribution < 1.29 is 24.2 Å². The van der Waals surface area contributed by atoms with Crippen LogP contribution in [0.4, 0.5) is 0 Å². The van der Waals surface area contributed by atoms with Gasteiger partial charge in [0, 0.05) is 31.5 Å². The van der Waals surface area contributed by atoms with E-state index in [0.29, 0.717) is 49.4 Å². The van der Waals surface area contributed by atoms with Gasteiger partial charge in [-0.2, -0.15) is 0 Å². The zero-order chi connectivity index (χ0) is 23.2. The van der Waals surface area contributed by atoms with Crippen LogP contribution >= 0.6 is 0 Å². The third-order valence-corrected chi connectivity index (χ3v) is 6.96. The fraction of sp³-hybridized carbons (Fsp3) is 0.440. The van der Waals surface area contributed by atoms with Gasteiger partial charge in [0.15, 0.2) is 0 Å². The van der Waals surface area contributed by atoms with Crippen LogP contribution in [-0.2, 0) is 10.3 Å². The van der Waals surface area contributed by atoms with E-state index in [1.54, 1.807) is 23.2 Å². The van der Waals surface area contributed by atoms with Crippen molar-refractivity contribution in [2.75, 3.05) is 26.2 Å². The normalized spacial score (nSPS) is 22.1. The van der Waals surface area contributed by atoms with E-state index >= 15 is 0 Å². The molecule has 3 aliphatic heterocycles. The number of amides is 3. The molecule has 5 rings (SSSR count). The zero-order valence-electron chi connectivity index (χ0n) is 18.6. The number of fused-ring (bicyclic) bond motifs is 1. The third kappa shape index (κ3) is 3.83. The van der Waals surface area contributed by atoms with Gasteiger partial charge < -0.3 is 14.7 Å². The van der Waals surface area contributed by atoms with E-state index in [-0.39, 0.29) is 35.9 Å². The number of imide groups is 1. The summed E-state index contributed by atoms with van der Waals surface area (Å²) < 4.78 is 5.58. The maximum atomic E-state index is 13.2. The van der Waals surface area contributed by atoms with Crippen LogP contribution in [-0.4, -0.2) is 70.0 Å². The first-order valence-corrected chi connectivity index (χ1v) is 11.4. The molecule has 0 bridgehead atoms. The summed E-state index contributed by atoms with van der Waals surface area (Å²) in [6.45, 7) is 3.56. The van der Waals surface area contributed by atoms with Gasteiger partial charge in [0.25, 0.3) is 17.7 Å². The molecule has 33 heavy (non-hydrogen) atoms. The van der Waals surface area contributed by atoms with Gasteiger partial charge in [0.2, 0.25) is 0 Å². The summed E-state index contributed by atoms with van der Waals surface area (Å²) in [7, 11) is 0. The number of benzene rings is 1. The molecule has 4 heterocycles. The van der Waals surface area contributed by atoms with Gasteiger partial charge in [-0.1, -0.05) is 6.07 Å². The highest BCUT2D eigenvalue weighted by molar-refractivity contribution is 6.22. The van der Waals surface area contributed by atoms with Crippen molar-refractivity contribution in [3.8, 4) is 0 Å². The maximum absolute atomic E-state index is 13.2. The minimum Gasteiger partial charge on any atom is -0.383 e. The summed E-state index contributed by atoms with van der Waals surface area (Å²) in [4.78, 5) is 46.1. The average Bonchev–Trinajstić information content (AvgIpc) is 3.42. The number of hydrogen-bond donors (Lipinski definition) is 1. The summed E-state index contributed by atoms with van der Waals surface area (Å²) in [5.74, 6) is -0.924. The predicted molar refractivity (Wildman–Crippen MR) is 119 cm³/mol. The molecule has 1 aromatic heterocycles. The van der Waals surface area contributed by atoms with E-state index in [9.17, 15) is 19.5 Å². The van der Waals surface area contributed by atoms with Crippen LogP contribution in [0, 0.1) is 6.92 Å². The van der Waals surface area contributed by atoms with Gasteiger partial charge in [0.1, 0.15) is 5.60 Å². The fourth-order valence-corrected chi connectivity index (χ4v) is 5.05. The average molecular weight is 450 g/mol. The number of ether oxygens (including phenoxy) is 1. The van der Waals surface area contributed by atoms with Crippen LogP contribution in [0.1, 0.15) is 68.0 Å². The molecule has 3 amide bonds. The fourth-order valence-electron chi connectivity index (χ4n) is 5.05. The molecule has 1 N–H and O–H groups in total. The number of carbonyl (C=O) groups is 3. The lowest BCUT2D eigenvalue weighted by atomic mass is 9.85. The molecular formula is C25H27N3O5. The minimum atomic E-state index is -1.06. The van der Waals surface area contributed by atoms with Gasteiger partial charge in [-0.25, -0.2) is 0 Å². The lowest BCUT2D eigenvalue weighted by Crippen LogP contribution is -2.45. The first-order valence-electron chi connectivity index (χ1n) is 11.4. The van der Waals surface area contributed by atoms with Gasteiger partial charge in [0.05, 0.1) is 29.5 Å². The van der Waals surface area contributed by atoms with E-state index in [2.05, 4.69) is 4.98 Å². The Labute approximate surface area is 192 Å². The molecule has 2 fully saturated rings. The van der Waals surface area contributed by atoms with Crippen LogP contribution in [0.2, 0.25) is 0 Å². The number of likely N-dealkylation sites (tertiary alicyclic amines) is 1. The summed E-state index contributed by atoms with van der Waals surface area (Å²) in [6, 6.07) is 8.45. The van der Waals surface area contributed by atoms with Crippen molar-refractivity contribution in [3.63, 3.8) is 0 Å². The Morgan fingerprint density at radius 2 is 1.94 bits per heavy atom. The van der Waals surface area contributed by atoms with E-state index in [1.165, 1.54) is 11.0 Å². The summed E-state index contributed by atoms with van der Waals surface area (Å²) in [6.07, 6.45) is 4.07. The molecule has 0 aliphatic carbocycles. The monoisotopic (exact) mass is 449 g/mol. The maximum Gasteiger partial charge on any atom is 0.261 e. The largest absolute Gasteiger partial charge is 0.383 e. The number of pyridine rings is 1. The van der Waals surface area contributed by atoms with Crippen LogP contribution < -0.4 is 0 Å². The molecule has 1 aromatic carbocycles. The van der Waals surface area contributed by atoms with Crippen LogP contribution in [0.25, 0.3) is 0 Å². The number of aromatic nitrogens is 1. The van der Waals surface area contributed by atoms with Crippen molar-refractivity contribution in [2.24, 2.45) is 0 Å². The number of nitrogens with zero attached hydrogens (tertiary/aromatic N) is 3. The lowest BCUT2D eigenvalue weighted by molar-refractivity contribution is -0.0248. The molecule has 0 radical (unpaired) electrons. The molecular weight excluding hydrogens is 422 g/mol. The molecule has 8 heteroatoms. The van der Waals surface area contributed by atoms with Gasteiger partial charge >= 0.3 is 0 Å². The Morgan fingerprint density at radius 3 is 2.64 bits per heavy atom. The number of rotatable bonds is 4. The second-order valence-electron chi connectivity index (χ2n) is 9.11. The Morgan fingerprint density at radius 1 is 1.18 bits per heavy atom. The standard InChI is InChI=1S/C25H27N3O5/c1-16-4-2-10-26-21(16)25(32)8-11-27(12-9-25)22(29)17-6-7-19-20(14-17)24(31)28(23(19)30)15-18-5-3-13-33-18/h2,4,6-7,10,14,18,32H,3,5,8-9,11-13,15H2,1H3/t18-/m1/s1. The second-order valence-corrected chi connectivity index (χ2v) is 9.11. The van der Waals surface area contributed by atoms with E-state index in [1.807, 2.05) is 19.1 Å². The van der Waals surface area contributed by atoms with Crippen LogP contribution in [0.15, 0.2) is 36.5 Å². The first-order chi connectivity index (χ1) is 15.9. The Kier molecular flexibility index (Phi) is 5.50. The smallest absolute Gasteiger partial charge is 0.261 e. The quantitative estimate of drug-likeness (QED) is 0.719. The van der Waals surface area contributed by atoms with E-state index in [0.717, 1.165) is 18.4 Å². The molecule has 2 aromatic rings. The van der Waals surface area contributed by atoms with E-state index in [4.69, 9.17) is 4.74 Å². The summed E-state index contributed by atoms with van der Waals surface area (Å²) in [5.41, 5.74) is 1.48. The Bertz CT molecular complexity index is 1120. The van der Waals surface area contributed by atoms with Crippen molar-refractivity contribution in [1.82, 2.24) is 14.8 Å². The topological polar surface area (TPSA) is 100 Å². The van der Waals surface area contributed by atoms with Crippen LogP contribution in [0.3, 0.4) is 0 Å². The SMILES string of the molecule is Cc1cccnc1C1(O)CCN(C(=O)c2ccc3c(c2)C(=O)N(C[C@H]2CCCO2)C3=O)CC1. The molecule has 0 saturated carbocycles. The number of hydrogen-bond acceptors (Lipinski definition) is 6. The molecule has 0 spiro atoms. The van der Waals surface area contributed by atoms with Crippen molar-refractivity contribution in [2.45, 2.75) is 44.3 Å². The number of carbonyl (C=O) groups excluding carboxylic acids is 3. The van der Waals surface area contributed by atoms with Gasteiger partial charge in [-0.15, -0.1) is 0 Å². The molecule has 3 aliphatic rings. The van der Waals surface area contributed by atoms with Crippen molar-refractivity contribution >= 4 is 17.7 Å². The van der Waals surface area contributed by atoms with Gasteiger partial charge in [-0.3, -0.25) is 24.3 Å². The molecule has 8 nitrogen and oxygen atoms in total. The van der Waals surface area contributed by atoms with Gasteiger partial charge in [-0.05, 0) is 62.4 Å². The molecule has 0 unspecified atom stereocenters. The minimum absolute atomic E-state index is 0.122. The highest BCUT2D eigenvalue weighted by Crippen LogP contribution is 2.34. The second kappa shape index (κ2) is 8.35. The Hall–Kier alpha value is -3.10. The van der Waals surface area contributed by atoms with Crippen molar-refractivity contribution in [1.29, 1.82) is 0 Å². The molecule has 2 saturated heterocycles. The van der Waals surface area contributed by atoms with Crippen LogP contribution in [0.5, 0.6) is 0 Å². The number of aryl methyl sites for hydroxylation is 1. The zero-order valence-corrected chi connectivity index (χ0v) is 18.6. The highest BCUT2D eigenvalue weighted by atomic mass is 16.5. The molecule has 172 valence electrons. The summed E-state index contributed by atoms with van der Waals surface area (Å²) >= 11 is 0. The first kappa shape index (κ1) is 21.7. The Balaban J connectivity index is 1.29. The van der Waals surface area contributed by atoms with Crippen molar-refractivity contribution in [3.05, 3.63) is 64.5 Å².